The molecular formula is C18H21N5O3. The van der Waals surface area contributed by atoms with E-state index >= 15 is 0 Å². The maximum absolute atomic E-state index is 12.4. The second-order valence-corrected chi connectivity index (χ2v) is 6.58. The Kier molecular flexibility index (Phi) is 4.24. The smallest absolute Gasteiger partial charge is 0.319 e. The van der Waals surface area contributed by atoms with Crippen LogP contribution in [0.15, 0.2) is 24.4 Å². The number of fused-ring (bicyclic) bond motifs is 2. The number of rotatable bonds is 3. The molecule has 0 saturated heterocycles. The summed E-state index contributed by atoms with van der Waals surface area (Å²) in [4.78, 5) is 23.3. The van der Waals surface area contributed by atoms with Crippen molar-refractivity contribution in [3.8, 4) is 11.5 Å². The van der Waals surface area contributed by atoms with E-state index in [4.69, 9.17) is 9.47 Å². The molecule has 8 nitrogen and oxygen atoms in total. The molecule has 8 heteroatoms. The highest BCUT2D eigenvalue weighted by Crippen LogP contribution is 2.34. The summed E-state index contributed by atoms with van der Waals surface area (Å²) in [5.41, 5.74) is 2.65. The first-order valence-electron chi connectivity index (χ1n) is 8.60. The van der Waals surface area contributed by atoms with Crippen molar-refractivity contribution in [3.05, 3.63) is 35.7 Å². The van der Waals surface area contributed by atoms with E-state index in [2.05, 4.69) is 20.6 Å². The Bertz CT molecular complexity index is 840. The van der Waals surface area contributed by atoms with E-state index in [0.717, 1.165) is 30.5 Å². The van der Waals surface area contributed by atoms with Crippen LogP contribution in [0.3, 0.4) is 0 Å². The summed E-state index contributed by atoms with van der Waals surface area (Å²) in [6.45, 7) is 0.207. The number of aromatic nitrogens is 2. The molecule has 1 aromatic heterocycles. The molecule has 0 spiro atoms. The molecule has 0 radical (unpaired) electrons. The standard InChI is InChI=1S/C18H21N5O3/c1-23(2)17-19-9-12-13(21-17)4-3-5-14(12)22-18(24)20-11-6-7-15-16(8-11)26-10-25-15/h6-9,14H,3-5,10H2,1-2H3,(H2,20,22,24)/t14-/m1/s1. The Morgan fingerprint density at radius 2 is 2.12 bits per heavy atom. The van der Waals surface area contributed by atoms with Crippen LogP contribution in [0.25, 0.3) is 0 Å². The van der Waals surface area contributed by atoms with Crippen molar-refractivity contribution in [2.75, 3.05) is 31.1 Å². The number of anilines is 2. The van der Waals surface area contributed by atoms with Crippen LogP contribution >= 0.6 is 0 Å². The molecule has 2 heterocycles. The van der Waals surface area contributed by atoms with E-state index in [0.29, 0.717) is 23.1 Å². The summed E-state index contributed by atoms with van der Waals surface area (Å²) in [5, 5.41) is 5.87. The normalized spacial score (nSPS) is 17.4. The highest BCUT2D eigenvalue weighted by Gasteiger charge is 2.24. The zero-order chi connectivity index (χ0) is 18.1. The van der Waals surface area contributed by atoms with Gasteiger partial charge in [-0.25, -0.2) is 14.8 Å². The van der Waals surface area contributed by atoms with Crippen LogP contribution < -0.4 is 25.0 Å². The molecular weight excluding hydrogens is 334 g/mol. The second-order valence-electron chi connectivity index (χ2n) is 6.58. The first kappa shape index (κ1) is 16.4. The molecule has 1 aliphatic heterocycles. The van der Waals surface area contributed by atoms with E-state index in [-0.39, 0.29) is 18.9 Å². The average molecular weight is 355 g/mol. The van der Waals surface area contributed by atoms with E-state index in [1.54, 1.807) is 18.2 Å². The Labute approximate surface area is 151 Å². The van der Waals surface area contributed by atoms with Crippen molar-refractivity contribution < 1.29 is 14.3 Å². The van der Waals surface area contributed by atoms with E-state index < -0.39 is 0 Å². The fourth-order valence-corrected chi connectivity index (χ4v) is 3.20. The third-order valence-electron chi connectivity index (χ3n) is 4.50. The molecule has 136 valence electrons. The van der Waals surface area contributed by atoms with Crippen LogP contribution in [0.5, 0.6) is 11.5 Å². The lowest BCUT2D eigenvalue weighted by molar-refractivity contribution is 0.174. The van der Waals surface area contributed by atoms with Gasteiger partial charge in [-0.2, -0.15) is 0 Å². The molecule has 2 aromatic rings. The number of benzene rings is 1. The summed E-state index contributed by atoms with van der Waals surface area (Å²) in [5.74, 6) is 2.01. The fourth-order valence-electron chi connectivity index (χ4n) is 3.20. The third kappa shape index (κ3) is 3.22. The SMILES string of the molecule is CN(C)c1ncc2c(n1)CCC[C@H]2NC(=O)Nc1ccc2c(c1)OCO2. The minimum Gasteiger partial charge on any atom is -0.454 e. The molecule has 26 heavy (non-hydrogen) atoms. The maximum Gasteiger partial charge on any atom is 0.319 e. The number of aryl methyl sites for hydroxylation is 1. The lowest BCUT2D eigenvalue weighted by atomic mass is 9.92. The van der Waals surface area contributed by atoms with Gasteiger partial charge in [-0.05, 0) is 31.4 Å². The number of amides is 2. The van der Waals surface area contributed by atoms with Crippen LogP contribution in [-0.4, -0.2) is 36.9 Å². The Morgan fingerprint density at radius 1 is 1.27 bits per heavy atom. The minimum absolute atomic E-state index is 0.0935. The zero-order valence-electron chi connectivity index (χ0n) is 14.8. The van der Waals surface area contributed by atoms with Gasteiger partial charge in [0.1, 0.15) is 0 Å². The number of carbonyl (C=O) groups is 1. The van der Waals surface area contributed by atoms with Gasteiger partial charge in [0, 0.05) is 37.6 Å². The van der Waals surface area contributed by atoms with E-state index in [1.807, 2.05) is 25.2 Å². The van der Waals surface area contributed by atoms with Gasteiger partial charge in [0.05, 0.1) is 11.7 Å². The predicted octanol–water partition coefficient (Wildman–Crippen LogP) is 2.47. The van der Waals surface area contributed by atoms with Crippen molar-refractivity contribution >= 4 is 17.7 Å². The molecule has 1 aromatic carbocycles. The topological polar surface area (TPSA) is 88.6 Å². The average Bonchev–Trinajstić information content (AvgIpc) is 3.09. The highest BCUT2D eigenvalue weighted by molar-refractivity contribution is 5.90. The van der Waals surface area contributed by atoms with Gasteiger partial charge in [-0.15, -0.1) is 0 Å². The quantitative estimate of drug-likeness (QED) is 0.879. The highest BCUT2D eigenvalue weighted by atomic mass is 16.7. The Hall–Kier alpha value is -3.03. The van der Waals surface area contributed by atoms with E-state index in [1.165, 1.54) is 0 Å². The minimum atomic E-state index is -0.265. The van der Waals surface area contributed by atoms with Gasteiger partial charge in [0.25, 0.3) is 0 Å². The Morgan fingerprint density at radius 3 is 2.96 bits per heavy atom. The van der Waals surface area contributed by atoms with Gasteiger partial charge < -0.3 is 25.0 Å². The summed E-state index contributed by atoms with van der Waals surface area (Å²) < 4.78 is 10.6. The largest absolute Gasteiger partial charge is 0.454 e. The van der Waals surface area contributed by atoms with Crippen molar-refractivity contribution in [1.82, 2.24) is 15.3 Å². The van der Waals surface area contributed by atoms with Crippen molar-refractivity contribution in [1.29, 1.82) is 0 Å². The first-order valence-corrected chi connectivity index (χ1v) is 8.60. The van der Waals surface area contributed by atoms with Crippen molar-refractivity contribution in [2.45, 2.75) is 25.3 Å². The molecule has 1 aliphatic carbocycles. The van der Waals surface area contributed by atoms with E-state index in [9.17, 15) is 4.79 Å². The number of carbonyl (C=O) groups excluding carboxylic acids is 1. The lowest BCUT2D eigenvalue weighted by Gasteiger charge is -2.26. The van der Waals surface area contributed by atoms with Crippen LogP contribution in [0.4, 0.5) is 16.4 Å². The Balaban J connectivity index is 1.45. The van der Waals surface area contributed by atoms with Crippen molar-refractivity contribution in [3.63, 3.8) is 0 Å². The zero-order valence-corrected chi connectivity index (χ0v) is 14.8. The predicted molar refractivity (Wildman–Crippen MR) is 96.8 cm³/mol. The summed E-state index contributed by atoms with van der Waals surface area (Å²) in [6, 6.07) is 4.96. The van der Waals surface area contributed by atoms with Crippen LogP contribution in [0.1, 0.15) is 30.1 Å². The molecule has 0 bridgehead atoms. The molecule has 1 atom stereocenters. The van der Waals surface area contributed by atoms with Gasteiger partial charge >= 0.3 is 6.03 Å². The summed E-state index contributed by atoms with van der Waals surface area (Å²) in [6.07, 6.45) is 4.57. The monoisotopic (exact) mass is 355 g/mol. The number of hydrogen-bond acceptors (Lipinski definition) is 6. The lowest BCUT2D eigenvalue weighted by Crippen LogP contribution is -2.35. The number of urea groups is 1. The van der Waals surface area contributed by atoms with Crippen LogP contribution in [0, 0.1) is 0 Å². The van der Waals surface area contributed by atoms with Gasteiger partial charge in [0.2, 0.25) is 12.7 Å². The number of hydrogen-bond donors (Lipinski definition) is 2. The first-order chi connectivity index (χ1) is 12.6. The fraction of sp³-hybridized carbons (Fsp3) is 0.389. The molecule has 2 aliphatic rings. The van der Waals surface area contributed by atoms with Gasteiger partial charge in [0.15, 0.2) is 11.5 Å². The van der Waals surface area contributed by atoms with Crippen LogP contribution in [-0.2, 0) is 6.42 Å². The number of ether oxygens (including phenoxy) is 2. The molecule has 4 rings (SSSR count). The molecule has 2 amide bonds. The van der Waals surface area contributed by atoms with Crippen molar-refractivity contribution in [2.24, 2.45) is 0 Å². The second kappa shape index (κ2) is 6.70. The number of nitrogens with zero attached hydrogens (tertiary/aromatic N) is 3. The van der Waals surface area contributed by atoms with Gasteiger partial charge in [-0.1, -0.05) is 0 Å². The molecule has 2 N–H and O–H groups in total. The maximum atomic E-state index is 12.4. The van der Waals surface area contributed by atoms with Gasteiger partial charge in [-0.3, -0.25) is 0 Å². The molecule has 0 fully saturated rings. The third-order valence-corrected chi connectivity index (χ3v) is 4.50. The van der Waals surface area contributed by atoms with Crippen LogP contribution in [0.2, 0.25) is 0 Å². The molecule has 0 saturated carbocycles. The summed E-state index contributed by atoms with van der Waals surface area (Å²) >= 11 is 0. The molecule has 0 unspecified atom stereocenters. The number of nitrogens with one attached hydrogen (secondary N) is 2. The summed E-state index contributed by atoms with van der Waals surface area (Å²) in [7, 11) is 3.83.